The Morgan fingerprint density at radius 1 is 1.16 bits per heavy atom. The number of aliphatic hydroxyl groups is 1. The molecule has 0 amide bonds. The molecule has 0 aliphatic carbocycles. The summed E-state index contributed by atoms with van der Waals surface area (Å²) in [5, 5.41) is 8.99. The zero-order chi connectivity index (χ0) is 13.2. The van der Waals surface area contributed by atoms with Crippen LogP contribution in [0.4, 0.5) is 0 Å². The molecule has 0 fully saturated rings. The van der Waals surface area contributed by atoms with Gasteiger partial charge < -0.3 is 10.1 Å². The van der Waals surface area contributed by atoms with E-state index in [0.717, 1.165) is 28.0 Å². The van der Waals surface area contributed by atoms with Gasteiger partial charge >= 0.3 is 0 Å². The van der Waals surface area contributed by atoms with Gasteiger partial charge in [0.1, 0.15) is 5.82 Å². The topological polar surface area (TPSA) is 48.9 Å². The Morgan fingerprint density at radius 2 is 2.00 bits per heavy atom. The van der Waals surface area contributed by atoms with Crippen LogP contribution in [0.25, 0.3) is 22.4 Å². The Kier molecular flexibility index (Phi) is 3.05. The normalized spacial score (nSPS) is 11.1. The van der Waals surface area contributed by atoms with Gasteiger partial charge in [0.25, 0.3) is 0 Å². The Bertz CT molecular complexity index is 716. The highest BCUT2D eigenvalue weighted by Gasteiger charge is 2.07. The van der Waals surface area contributed by atoms with Crippen molar-refractivity contribution in [1.29, 1.82) is 0 Å². The average molecular weight is 252 g/mol. The van der Waals surface area contributed by atoms with Crippen LogP contribution in [0, 0.1) is 6.92 Å². The van der Waals surface area contributed by atoms with Crippen LogP contribution in [0.1, 0.15) is 11.1 Å². The minimum atomic E-state index is 0.171. The van der Waals surface area contributed by atoms with Crippen molar-refractivity contribution in [1.82, 2.24) is 9.97 Å². The Morgan fingerprint density at radius 3 is 2.79 bits per heavy atom. The molecule has 1 heterocycles. The van der Waals surface area contributed by atoms with E-state index in [4.69, 9.17) is 5.11 Å². The van der Waals surface area contributed by atoms with Crippen LogP contribution < -0.4 is 0 Å². The van der Waals surface area contributed by atoms with Crippen molar-refractivity contribution in [3.63, 3.8) is 0 Å². The minimum absolute atomic E-state index is 0.171. The maximum atomic E-state index is 8.99. The van der Waals surface area contributed by atoms with Gasteiger partial charge in [0.15, 0.2) is 0 Å². The molecule has 19 heavy (non-hydrogen) atoms. The first-order valence-corrected chi connectivity index (χ1v) is 6.43. The van der Waals surface area contributed by atoms with E-state index >= 15 is 0 Å². The lowest BCUT2D eigenvalue weighted by Gasteiger charge is -2.00. The van der Waals surface area contributed by atoms with Gasteiger partial charge in [-0.3, -0.25) is 0 Å². The van der Waals surface area contributed by atoms with Crippen LogP contribution in [0.2, 0.25) is 0 Å². The monoisotopic (exact) mass is 252 g/mol. The molecule has 0 saturated heterocycles. The molecule has 0 aliphatic heterocycles. The van der Waals surface area contributed by atoms with Gasteiger partial charge in [0.05, 0.1) is 11.0 Å². The third-order valence-corrected chi connectivity index (χ3v) is 3.35. The molecule has 0 bridgehead atoms. The summed E-state index contributed by atoms with van der Waals surface area (Å²) in [4.78, 5) is 7.99. The molecule has 0 aliphatic rings. The van der Waals surface area contributed by atoms with Crippen LogP contribution in [-0.2, 0) is 6.42 Å². The molecule has 2 aromatic carbocycles. The molecule has 0 unspecified atom stereocenters. The summed E-state index contributed by atoms with van der Waals surface area (Å²) >= 11 is 0. The highest BCUT2D eigenvalue weighted by molar-refractivity contribution is 5.80. The van der Waals surface area contributed by atoms with Crippen molar-refractivity contribution in [2.75, 3.05) is 6.61 Å². The van der Waals surface area contributed by atoms with Crippen LogP contribution in [0.15, 0.2) is 42.5 Å². The summed E-state index contributed by atoms with van der Waals surface area (Å²) in [6.07, 6.45) is 0.675. The molecule has 3 rings (SSSR count). The number of H-pyrrole nitrogens is 1. The molecule has 1 aromatic heterocycles. The Labute approximate surface area is 111 Å². The number of fused-ring (bicyclic) bond motifs is 1. The van der Waals surface area contributed by atoms with Crippen LogP contribution in [-0.4, -0.2) is 21.7 Å². The van der Waals surface area contributed by atoms with Crippen molar-refractivity contribution < 1.29 is 5.11 Å². The third kappa shape index (κ3) is 2.25. The fourth-order valence-corrected chi connectivity index (χ4v) is 2.31. The van der Waals surface area contributed by atoms with Crippen LogP contribution in [0.3, 0.4) is 0 Å². The number of aromatic nitrogens is 2. The molecule has 3 heteroatoms. The molecule has 3 nitrogen and oxygen atoms in total. The van der Waals surface area contributed by atoms with Crippen molar-refractivity contribution >= 4 is 11.0 Å². The summed E-state index contributed by atoms with van der Waals surface area (Å²) in [7, 11) is 0. The summed E-state index contributed by atoms with van der Waals surface area (Å²) in [6.45, 7) is 2.25. The summed E-state index contributed by atoms with van der Waals surface area (Å²) < 4.78 is 0. The van der Waals surface area contributed by atoms with E-state index in [0.29, 0.717) is 6.42 Å². The van der Waals surface area contributed by atoms with Crippen molar-refractivity contribution in [3.8, 4) is 11.4 Å². The smallest absolute Gasteiger partial charge is 0.138 e. The van der Waals surface area contributed by atoms with Crippen LogP contribution in [0.5, 0.6) is 0 Å². The van der Waals surface area contributed by atoms with Gasteiger partial charge in [-0.25, -0.2) is 4.98 Å². The highest BCUT2D eigenvalue weighted by Crippen LogP contribution is 2.23. The molecule has 96 valence electrons. The van der Waals surface area contributed by atoms with E-state index in [-0.39, 0.29) is 6.61 Å². The predicted octanol–water partition coefficient (Wildman–Crippen LogP) is 3.07. The van der Waals surface area contributed by atoms with Crippen molar-refractivity contribution in [3.05, 3.63) is 53.6 Å². The first-order valence-electron chi connectivity index (χ1n) is 6.43. The molecular weight excluding hydrogens is 236 g/mol. The number of nitrogens with one attached hydrogen (secondary N) is 1. The largest absolute Gasteiger partial charge is 0.396 e. The fraction of sp³-hybridized carbons (Fsp3) is 0.188. The summed E-state index contributed by atoms with van der Waals surface area (Å²) in [5.41, 5.74) is 5.43. The number of nitrogens with zero attached hydrogens (tertiary/aromatic N) is 1. The first kappa shape index (κ1) is 11.9. The van der Waals surface area contributed by atoms with Gasteiger partial charge in [0.2, 0.25) is 0 Å². The number of aryl methyl sites for hydroxylation is 1. The summed E-state index contributed by atoms with van der Waals surface area (Å²) in [6, 6.07) is 14.3. The molecule has 0 atom stereocenters. The molecule has 3 aromatic rings. The lowest BCUT2D eigenvalue weighted by Crippen LogP contribution is -1.89. The molecule has 2 N–H and O–H groups in total. The number of hydrogen-bond acceptors (Lipinski definition) is 2. The first-order chi connectivity index (χ1) is 9.28. The highest BCUT2D eigenvalue weighted by atomic mass is 16.2. The van der Waals surface area contributed by atoms with E-state index in [1.54, 1.807) is 0 Å². The maximum absolute atomic E-state index is 8.99. The number of imidazole rings is 1. The molecule has 0 radical (unpaired) electrons. The lowest BCUT2D eigenvalue weighted by molar-refractivity contribution is 0.299. The van der Waals surface area contributed by atoms with E-state index in [2.05, 4.69) is 35.1 Å². The van der Waals surface area contributed by atoms with Gasteiger partial charge in [-0.2, -0.15) is 0 Å². The zero-order valence-electron chi connectivity index (χ0n) is 10.9. The predicted molar refractivity (Wildman–Crippen MR) is 77.1 cm³/mol. The second kappa shape index (κ2) is 4.86. The standard InChI is InChI=1S/C16H16N2O/c1-11-4-2-3-5-13(11)16-17-14-7-6-12(8-9-19)10-15(14)18-16/h2-7,10,19H,8-9H2,1H3,(H,17,18). The quantitative estimate of drug-likeness (QED) is 0.752. The van der Waals surface area contributed by atoms with Crippen molar-refractivity contribution in [2.45, 2.75) is 13.3 Å². The summed E-state index contributed by atoms with van der Waals surface area (Å²) in [5.74, 6) is 0.897. The third-order valence-electron chi connectivity index (χ3n) is 3.35. The number of aromatic amines is 1. The maximum Gasteiger partial charge on any atom is 0.138 e. The lowest BCUT2D eigenvalue weighted by atomic mass is 10.1. The number of hydrogen-bond donors (Lipinski definition) is 2. The zero-order valence-corrected chi connectivity index (χ0v) is 10.9. The van der Waals surface area contributed by atoms with Crippen molar-refractivity contribution in [2.24, 2.45) is 0 Å². The number of aliphatic hydroxyl groups excluding tert-OH is 1. The van der Waals surface area contributed by atoms with Gasteiger partial charge in [0, 0.05) is 12.2 Å². The SMILES string of the molecule is Cc1ccccc1-c1nc2ccc(CCO)cc2[nH]1. The second-order valence-corrected chi connectivity index (χ2v) is 4.73. The van der Waals surface area contributed by atoms with Gasteiger partial charge in [-0.1, -0.05) is 30.3 Å². The Balaban J connectivity index is 2.09. The molecule has 0 spiro atoms. The van der Waals surface area contributed by atoms with E-state index in [9.17, 15) is 0 Å². The van der Waals surface area contributed by atoms with Gasteiger partial charge in [-0.05, 0) is 36.6 Å². The molecule has 0 saturated carbocycles. The van der Waals surface area contributed by atoms with Crippen LogP contribution >= 0.6 is 0 Å². The number of rotatable bonds is 3. The minimum Gasteiger partial charge on any atom is -0.396 e. The fourth-order valence-electron chi connectivity index (χ4n) is 2.31. The van der Waals surface area contributed by atoms with E-state index < -0.39 is 0 Å². The average Bonchev–Trinajstić information content (AvgIpc) is 2.82. The number of benzene rings is 2. The van der Waals surface area contributed by atoms with E-state index in [1.807, 2.05) is 24.3 Å². The molecular formula is C16H16N2O. The van der Waals surface area contributed by atoms with E-state index in [1.165, 1.54) is 5.56 Å². The van der Waals surface area contributed by atoms with Gasteiger partial charge in [-0.15, -0.1) is 0 Å². The second-order valence-electron chi connectivity index (χ2n) is 4.73. The Hall–Kier alpha value is -2.13.